The van der Waals surface area contributed by atoms with Crippen LogP contribution in [0.25, 0.3) is 0 Å². The maximum absolute atomic E-state index is 11.6. The number of fused-ring (bicyclic) bond motifs is 1. The molecule has 0 bridgehead atoms. The van der Waals surface area contributed by atoms with Crippen molar-refractivity contribution in [2.45, 2.75) is 13.5 Å². The smallest absolute Gasteiger partial charge is 0.347 e. The zero-order valence-corrected chi connectivity index (χ0v) is 16.0. The molecule has 11 nitrogen and oxygen atoms in total. The Hall–Kier alpha value is -4.02. The largest absolute Gasteiger partial charge is 0.467 e. The van der Waals surface area contributed by atoms with Crippen LogP contribution in [0.3, 0.4) is 0 Å². The van der Waals surface area contributed by atoms with Gasteiger partial charge in [-0.3, -0.25) is 10.1 Å². The molecule has 11 heteroatoms. The Labute approximate surface area is 170 Å². The van der Waals surface area contributed by atoms with Gasteiger partial charge in [0.2, 0.25) is 13.4 Å². The van der Waals surface area contributed by atoms with Crippen molar-refractivity contribution in [3.05, 3.63) is 47.9 Å². The topological polar surface area (TPSA) is 138 Å². The van der Waals surface area contributed by atoms with Crippen molar-refractivity contribution in [3.63, 3.8) is 0 Å². The Morgan fingerprint density at radius 1 is 1.13 bits per heavy atom. The third-order valence-electron chi connectivity index (χ3n) is 3.79. The predicted molar refractivity (Wildman–Crippen MR) is 101 cm³/mol. The number of nitrogens with one attached hydrogen (secondary N) is 2. The van der Waals surface area contributed by atoms with E-state index in [0.717, 1.165) is 5.56 Å². The van der Waals surface area contributed by atoms with Crippen LogP contribution in [0.15, 0.2) is 46.2 Å². The first-order valence-electron chi connectivity index (χ1n) is 8.83. The molecule has 2 heterocycles. The lowest BCUT2D eigenvalue weighted by Gasteiger charge is -2.07. The van der Waals surface area contributed by atoms with Crippen molar-refractivity contribution in [1.29, 1.82) is 0 Å². The van der Waals surface area contributed by atoms with E-state index < -0.39 is 31.1 Å². The van der Waals surface area contributed by atoms with E-state index in [1.807, 2.05) is 5.32 Å². The number of urea groups is 1. The van der Waals surface area contributed by atoms with E-state index in [1.54, 1.807) is 37.3 Å². The molecule has 3 rings (SSSR count). The maximum Gasteiger partial charge on any atom is 0.347 e. The second-order valence-corrected chi connectivity index (χ2v) is 5.99. The van der Waals surface area contributed by atoms with Crippen molar-refractivity contribution in [3.8, 4) is 11.5 Å². The van der Waals surface area contributed by atoms with E-state index >= 15 is 0 Å². The summed E-state index contributed by atoms with van der Waals surface area (Å²) in [6.45, 7) is 0.829. The highest BCUT2D eigenvalue weighted by molar-refractivity contribution is 5.99. The molecule has 3 amide bonds. The number of ether oxygens (including phenoxy) is 3. The molecule has 1 aliphatic rings. The fraction of sp³-hybridized carbons (Fsp3) is 0.263. The van der Waals surface area contributed by atoms with Gasteiger partial charge >= 0.3 is 12.0 Å². The third-order valence-corrected chi connectivity index (χ3v) is 3.79. The molecule has 2 aromatic rings. The summed E-state index contributed by atoms with van der Waals surface area (Å²) >= 11 is 0. The lowest BCUT2D eigenvalue weighted by molar-refractivity contribution is -0.152. The zero-order chi connectivity index (χ0) is 21.3. The number of benzene rings is 1. The van der Waals surface area contributed by atoms with E-state index in [1.165, 1.54) is 6.26 Å². The van der Waals surface area contributed by atoms with Crippen LogP contribution in [0.5, 0.6) is 11.5 Å². The zero-order valence-electron chi connectivity index (χ0n) is 16.0. The Bertz CT molecular complexity index is 939. The van der Waals surface area contributed by atoms with Gasteiger partial charge in [-0.15, -0.1) is 0 Å². The van der Waals surface area contributed by atoms with Crippen molar-refractivity contribution < 1.29 is 37.8 Å². The van der Waals surface area contributed by atoms with Gasteiger partial charge in [0.15, 0.2) is 18.1 Å². The van der Waals surface area contributed by atoms with Crippen LogP contribution in [0.4, 0.5) is 4.79 Å². The number of imide groups is 1. The number of hydrogen-bond acceptors (Lipinski definition) is 9. The van der Waals surface area contributed by atoms with E-state index in [2.05, 4.69) is 10.5 Å². The van der Waals surface area contributed by atoms with E-state index in [0.29, 0.717) is 23.0 Å². The van der Waals surface area contributed by atoms with Crippen molar-refractivity contribution >= 4 is 23.6 Å². The first kappa shape index (κ1) is 20.7. The molecule has 2 N–H and O–H groups in total. The van der Waals surface area contributed by atoms with Crippen molar-refractivity contribution in [2.24, 2.45) is 5.16 Å². The molecular formula is C19H19N3O8. The molecule has 1 aromatic heterocycles. The van der Waals surface area contributed by atoms with Gasteiger partial charge in [0.1, 0.15) is 5.76 Å². The van der Waals surface area contributed by atoms with Crippen molar-refractivity contribution in [1.82, 2.24) is 10.6 Å². The predicted octanol–water partition coefficient (Wildman–Crippen LogP) is 1.32. The normalized spacial score (nSPS) is 12.2. The van der Waals surface area contributed by atoms with Crippen LogP contribution in [0.2, 0.25) is 0 Å². The number of amides is 3. The molecule has 0 radical (unpaired) electrons. The number of hydrogen-bond donors (Lipinski definition) is 2. The number of esters is 1. The van der Waals surface area contributed by atoms with Crippen LogP contribution >= 0.6 is 0 Å². The first-order chi connectivity index (χ1) is 14.5. The standard InChI is InChI=1S/C19H19N3O8/c1-12(13-4-5-15-16(7-13)29-11-28-15)22-30-10-18(24)27-9-17(23)21-19(25)20-8-14-3-2-6-26-14/h2-7H,8-11H2,1H3,(H2,20,21,23,25)/b22-12+. The van der Waals surface area contributed by atoms with Crippen LogP contribution < -0.4 is 20.1 Å². The maximum atomic E-state index is 11.6. The molecule has 0 saturated carbocycles. The quantitative estimate of drug-likeness (QED) is 0.373. The molecular weight excluding hydrogens is 398 g/mol. The summed E-state index contributed by atoms with van der Waals surface area (Å²) in [5.74, 6) is 0.158. The van der Waals surface area contributed by atoms with Gasteiger partial charge in [-0.05, 0) is 37.3 Å². The Morgan fingerprint density at radius 3 is 2.77 bits per heavy atom. The fourth-order valence-electron chi connectivity index (χ4n) is 2.33. The van der Waals surface area contributed by atoms with Gasteiger partial charge in [-0.2, -0.15) is 0 Å². The lowest BCUT2D eigenvalue weighted by atomic mass is 10.1. The average Bonchev–Trinajstić information content (AvgIpc) is 3.41. The summed E-state index contributed by atoms with van der Waals surface area (Å²) in [4.78, 5) is 39.8. The number of furan rings is 1. The minimum Gasteiger partial charge on any atom is -0.467 e. The third kappa shape index (κ3) is 5.99. The Kier molecular flexibility index (Phi) is 6.87. The highest BCUT2D eigenvalue weighted by Gasteiger charge is 2.15. The molecule has 1 aromatic carbocycles. The summed E-state index contributed by atoms with van der Waals surface area (Å²) in [5, 5.41) is 8.26. The summed E-state index contributed by atoms with van der Waals surface area (Å²) in [5.41, 5.74) is 1.24. The van der Waals surface area contributed by atoms with E-state index in [-0.39, 0.29) is 13.3 Å². The average molecular weight is 417 g/mol. The molecule has 0 spiro atoms. The van der Waals surface area contributed by atoms with Gasteiger partial charge in [0.25, 0.3) is 5.91 Å². The second-order valence-electron chi connectivity index (χ2n) is 5.99. The van der Waals surface area contributed by atoms with Gasteiger partial charge in [-0.1, -0.05) is 5.16 Å². The fourth-order valence-corrected chi connectivity index (χ4v) is 2.33. The first-order valence-corrected chi connectivity index (χ1v) is 8.83. The number of nitrogens with zero attached hydrogens (tertiary/aromatic N) is 1. The van der Waals surface area contributed by atoms with Crippen LogP contribution in [-0.2, 0) is 25.7 Å². The van der Waals surface area contributed by atoms with Gasteiger partial charge in [0, 0.05) is 5.56 Å². The second kappa shape index (κ2) is 9.96. The summed E-state index contributed by atoms with van der Waals surface area (Å²) in [7, 11) is 0. The van der Waals surface area contributed by atoms with Gasteiger partial charge in [0.05, 0.1) is 18.5 Å². The monoisotopic (exact) mass is 417 g/mol. The summed E-state index contributed by atoms with van der Waals surface area (Å²) < 4.78 is 20.3. The molecule has 1 aliphatic heterocycles. The summed E-state index contributed by atoms with van der Waals surface area (Å²) in [6, 6.07) is 7.85. The SMILES string of the molecule is C/C(=N\OCC(=O)OCC(=O)NC(=O)NCc1ccco1)c1ccc2c(c1)OCO2. The van der Waals surface area contributed by atoms with Crippen LogP contribution in [0, 0.1) is 0 Å². The number of carbonyl (C=O) groups is 3. The van der Waals surface area contributed by atoms with Crippen molar-refractivity contribution in [2.75, 3.05) is 20.0 Å². The minimum absolute atomic E-state index is 0.112. The molecule has 0 fully saturated rings. The molecule has 0 unspecified atom stereocenters. The number of oxime groups is 1. The Balaban J connectivity index is 1.33. The van der Waals surface area contributed by atoms with E-state index in [4.69, 9.17) is 23.5 Å². The van der Waals surface area contributed by atoms with Gasteiger partial charge in [-0.25, -0.2) is 9.59 Å². The van der Waals surface area contributed by atoms with Crippen LogP contribution in [0.1, 0.15) is 18.2 Å². The Morgan fingerprint density at radius 2 is 1.97 bits per heavy atom. The minimum atomic E-state index is -0.816. The highest BCUT2D eigenvalue weighted by Crippen LogP contribution is 2.32. The van der Waals surface area contributed by atoms with Gasteiger partial charge < -0.3 is 28.8 Å². The molecule has 0 aliphatic carbocycles. The highest BCUT2D eigenvalue weighted by atomic mass is 16.7. The van der Waals surface area contributed by atoms with Crippen LogP contribution in [-0.4, -0.2) is 43.6 Å². The lowest BCUT2D eigenvalue weighted by Crippen LogP contribution is -2.41. The molecule has 30 heavy (non-hydrogen) atoms. The number of rotatable bonds is 8. The molecule has 0 atom stereocenters. The summed E-state index contributed by atoms with van der Waals surface area (Å²) in [6.07, 6.45) is 1.46. The van der Waals surface area contributed by atoms with E-state index in [9.17, 15) is 14.4 Å². The number of carbonyl (C=O) groups excluding carboxylic acids is 3. The molecule has 158 valence electrons. The molecule has 0 saturated heterocycles.